The number of nitrogens with zero attached hydrogens (tertiary/aromatic N) is 4. The van der Waals surface area contributed by atoms with Gasteiger partial charge in [0, 0.05) is 28.8 Å². The van der Waals surface area contributed by atoms with Crippen LogP contribution >= 0.6 is 24.0 Å². The van der Waals surface area contributed by atoms with Crippen LogP contribution in [0.15, 0.2) is 47.0 Å². The fourth-order valence-corrected chi connectivity index (χ4v) is 5.21. The van der Waals surface area contributed by atoms with Crippen LogP contribution in [-0.2, 0) is 13.1 Å². The van der Waals surface area contributed by atoms with Gasteiger partial charge in [0.15, 0.2) is 11.4 Å². The van der Waals surface area contributed by atoms with Crippen LogP contribution in [0.5, 0.6) is 0 Å². The summed E-state index contributed by atoms with van der Waals surface area (Å²) in [5, 5.41) is 18.9. The number of nitrogens with one attached hydrogen (secondary N) is 1. The molecule has 1 saturated carbocycles. The quantitative estimate of drug-likeness (QED) is 0.430. The first-order chi connectivity index (χ1) is 14.8. The van der Waals surface area contributed by atoms with Crippen molar-refractivity contribution in [2.75, 3.05) is 0 Å². The summed E-state index contributed by atoms with van der Waals surface area (Å²) in [7, 11) is 0. The van der Waals surface area contributed by atoms with E-state index >= 15 is 0 Å². The van der Waals surface area contributed by atoms with Crippen molar-refractivity contribution >= 4 is 35.0 Å². The fourth-order valence-electron chi connectivity index (χ4n) is 5.02. The molecular weight excluding hydrogens is 433 g/mol. The summed E-state index contributed by atoms with van der Waals surface area (Å²) >= 11 is 6.24. The van der Waals surface area contributed by atoms with Gasteiger partial charge in [-0.15, -0.1) is 22.6 Å². The third-order valence-electron chi connectivity index (χ3n) is 6.52. The molecule has 2 aromatic carbocycles. The van der Waals surface area contributed by atoms with Crippen LogP contribution in [0.2, 0.25) is 5.02 Å². The van der Waals surface area contributed by atoms with E-state index in [2.05, 4.69) is 43.4 Å². The monoisotopic (exact) mass is 455 g/mol. The van der Waals surface area contributed by atoms with Gasteiger partial charge in [0.2, 0.25) is 0 Å². The van der Waals surface area contributed by atoms with Crippen molar-refractivity contribution in [2.24, 2.45) is 0 Å². The molecule has 3 heterocycles. The van der Waals surface area contributed by atoms with E-state index < -0.39 is 0 Å². The maximum atomic E-state index is 6.24. The highest BCUT2D eigenvalue weighted by atomic mass is 35.5. The number of rotatable bonds is 2. The Hall–Kier alpha value is -2.41. The molecule has 1 N–H and O–H groups in total. The molecule has 6 nitrogen and oxygen atoms in total. The van der Waals surface area contributed by atoms with Gasteiger partial charge in [0.05, 0.1) is 17.9 Å². The summed E-state index contributed by atoms with van der Waals surface area (Å²) < 4.78 is 7.80. The van der Waals surface area contributed by atoms with Gasteiger partial charge in [-0.1, -0.05) is 28.9 Å². The Labute approximate surface area is 191 Å². The highest BCUT2D eigenvalue weighted by Crippen LogP contribution is 2.42. The number of para-hydroxylation sites is 1. The van der Waals surface area contributed by atoms with Crippen LogP contribution in [0, 0.1) is 0 Å². The summed E-state index contributed by atoms with van der Waals surface area (Å²) in [6.45, 7) is 1.49. The molecule has 0 unspecified atom stereocenters. The second-order valence-electron chi connectivity index (χ2n) is 8.30. The highest BCUT2D eigenvalue weighted by Gasteiger charge is 2.31. The van der Waals surface area contributed by atoms with Crippen molar-refractivity contribution in [1.29, 1.82) is 0 Å². The molecule has 8 heteroatoms. The molecule has 0 atom stereocenters. The van der Waals surface area contributed by atoms with Crippen molar-refractivity contribution in [3.63, 3.8) is 0 Å². The zero-order valence-electron chi connectivity index (χ0n) is 16.9. The van der Waals surface area contributed by atoms with Gasteiger partial charge in [-0.25, -0.2) is 0 Å². The molecule has 1 fully saturated rings. The van der Waals surface area contributed by atoms with Gasteiger partial charge in [0.25, 0.3) is 0 Å². The summed E-state index contributed by atoms with van der Waals surface area (Å²) in [6.07, 6.45) is 4.30. The van der Waals surface area contributed by atoms with E-state index in [-0.39, 0.29) is 12.4 Å². The lowest BCUT2D eigenvalue weighted by Gasteiger charge is -2.27. The molecular formula is C23H23Cl2N5O. The van der Waals surface area contributed by atoms with E-state index in [9.17, 15) is 0 Å². The van der Waals surface area contributed by atoms with Gasteiger partial charge in [-0.2, -0.15) is 0 Å². The molecule has 31 heavy (non-hydrogen) atoms. The first-order valence-corrected chi connectivity index (χ1v) is 10.9. The van der Waals surface area contributed by atoms with Crippen molar-refractivity contribution < 1.29 is 4.52 Å². The number of hydrogen-bond acceptors (Lipinski definition) is 5. The number of benzene rings is 2. The number of hydrogen-bond donors (Lipinski definition) is 1. The van der Waals surface area contributed by atoms with Crippen LogP contribution in [0.25, 0.3) is 16.7 Å². The van der Waals surface area contributed by atoms with Gasteiger partial charge in [-0.05, 0) is 61.6 Å². The van der Waals surface area contributed by atoms with Crippen molar-refractivity contribution in [3.05, 3.63) is 70.4 Å². The molecule has 4 aromatic rings. The molecule has 0 spiro atoms. The van der Waals surface area contributed by atoms with Crippen LogP contribution in [-0.4, -0.2) is 19.9 Å². The third-order valence-corrected chi connectivity index (χ3v) is 6.76. The Kier molecular flexibility index (Phi) is 5.46. The first kappa shape index (κ1) is 20.5. The maximum absolute atomic E-state index is 6.24. The minimum Gasteiger partial charge on any atom is -0.356 e. The molecule has 0 amide bonds. The number of aromatic nitrogens is 4. The number of fused-ring (bicyclic) bond motifs is 4. The predicted octanol–water partition coefficient (Wildman–Crippen LogP) is 5.53. The zero-order valence-corrected chi connectivity index (χ0v) is 18.5. The van der Waals surface area contributed by atoms with E-state index in [0.717, 1.165) is 71.3 Å². The second-order valence-corrected chi connectivity index (χ2v) is 8.74. The molecule has 0 bridgehead atoms. The molecule has 1 aliphatic heterocycles. The summed E-state index contributed by atoms with van der Waals surface area (Å²) in [4.78, 5) is 0. The van der Waals surface area contributed by atoms with Crippen molar-refractivity contribution in [2.45, 2.75) is 50.6 Å². The lowest BCUT2D eigenvalue weighted by atomic mass is 9.79. The Balaban J connectivity index is 0.00000204. The average molecular weight is 456 g/mol. The van der Waals surface area contributed by atoms with Gasteiger partial charge in [0.1, 0.15) is 5.82 Å². The maximum Gasteiger partial charge on any atom is 0.167 e. The van der Waals surface area contributed by atoms with Crippen molar-refractivity contribution in [1.82, 2.24) is 25.2 Å². The van der Waals surface area contributed by atoms with E-state index in [1.165, 1.54) is 5.56 Å². The molecule has 1 aliphatic carbocycles. The minimum atomic E-state index is 0. The van der Waals surface area contributed by atoms with E-state index in [1.54, 1.807) is 0 Å². The van der Waals surface area contributed by atoms with Gasteiger partial charge >= 0.3 is 0 Å². The lowest BCUT2D eigenvalue weighted by molar-refractivity contribution is 0.360. The van der Waals surface area contributed by atoms with Crippen LogP contribution < -0.4 is 5.32 Å². The summed E-state index contributed by atoms with van der Waals surface area (Å²) in [5.41, 5.74) is 4.31. The van der Waals surface area contributed by atoms with Crippen LogP contribution in [0.4, 0.5) is 0 Å². The predicted molar refractivity (Wildman–Crippen MR) is 122 cm³/mol. The molecule has 160 valence electrons. The molecule has 2 aromatic heterocycles. The highest BCUT2D eigenvalue weighted by molar-refractivity contribution is 6.30. The number of halogens is 2. The first-order valence-electron chi connectivity index (χ1n) is 10.6. The molecule has 0 saturated heterocycles. The molecule has 6 rings (SSSR count). The smallest absolute Gasteiger partial charge is 0.167 e. The summed E-state index contributed by atoms with van der Waals surface area (Å²) in [5.74, 6) is 2.86. The van der Waals surface area contributed by atoms with Crippen LogP contribution in [0.1, 0.15) is 60.4 Å². The average Bonchev–Trinajstić information content (AvgIpc) is 3.34. The largest absolute Gasteiger partial charge is 0.356 e. The van der Waals surface area contributed by atoms with E-state index in [0.29, 0.717) is 18.4 Å². The van der Waals surface area contributed by atoms with E-state index in [1.807, 2.05) is 24.3 Å². The third kappa shape index (κ3) is 3.53. The zero-order chi connectivity index (χ0) is 20.1. The van der Waals surface area contributed by atoms with Crippen molar-refractivity contribution in [3.8, 4) is 5.69 Å². The van der Waals surface area contributed by atoms with Crippen LogP contribution in [0.3, 0.4) is 0 Å². The Morgan fingerprint density at radius 1 is 0.968 bits per heavy atom. The Bertz CT molecular complexity index is 1230. The van der Waals surface area contributed by atoms with Gasteiger partial charge < -0.3 is 9.84 Å². The summed E-state index contributed by atoms with van der Waals surface area (Å²) in [6, 6.07) is 14.2. The Morgan fingerprint density at radius 2 is 1.77 bits per heavy atom. The lowest BCUT2D eigenvalue weighted by Crippen LogP contribution is -2.17. The fraction of sp³-hybridized carbons (Fsp3) is 0.348. The molecule has 0 radical (unpaired) electrons. The normalized spacial score (nSPS) is 20.5. The second kappa shape index (κ2) is 8.26. The SMILES string of the molecule is Cl.Clc1ccc2c(c1)CNCc1nnc([C@H]3CC[C@@H](c4noc5ccccc54)CC3)n1-2. The van der Waals surface area contributed by atoms with Gasteiger partial charge in [-0.3, -0.25) is 4.57 Å². The molecule has 2 aliphatic rings. The van der Waals surface area contributed by atoms with E-state index in [4.69, 9.17) is 16.1 Å². The Morgan fingerprint density at radius 3 is 2.65 bits per heavy atom. The minimum absolute atomic E-state index is 0. The topological polar surface area (TPSA) is 68.8 Å². The standard InChI is InChI=1S/C23H22ClN5O.ClH/c24-17-9-10-19-16(11-17)12-25-13-21-26-27-23(29(19)21)15-7-5-14(6-8-15)22-18-3-1-2-4-20(18)30-28-22;/h1-4,9-11,14-15,25H,5-8,12-13H2;1H/t14-,15+;.